The molecular weight excluding hydrogens is 200 g/mol. The van der Waals surface area contributed by atoms with Crippen LogP contribution in [0, 0.1) is 6.92 Å². The van der Waals surface area contributed by atoms with E-state index < -0.39 is 0 Å². The van der Waals surface area contributed by atoms with Crippen molar-refractivity contribution in [1.82, 2.24) is 0 Å². The van der Waals surface area contributed by atoms with Gasteiger partial charge >= 0.3 is 0 Å². The Morgan fingerprint density at radius 1 is 1.19 bits per heavy atom. The normalized spacial score (nSPS) is 18.7. The lowest BCUT2D eigenvalue weighted by Gasteiger charge is -2.11. The molecule has 0 spiro atoms. The third-order valence-electron chi connectivity index (χ3n) is 2.69. The van der Waals surface area contributed by atoms with Crippen molar-refractivity contribution in [2.45, 2.75) is 19.8 Å². The van der Waals surface area contributed by atoms with Crippen molar-refractivity contribution in [2.75, 3.05) is 0 Å². The summed E-state index contributed by atoms with van der Waals surface area (Å²) in [4.78, 5) is 11.1. The quantitative estimate of drug-likeness (QED) is 0.779. The van der Waals surface area contributed by atoms with Gasteiger partial charge in [-0.2, -0.15) is 0 Å². The molecule has 0 bridgehead atoms. The van der Waals surface area contributed by atoms with Gasteiger partial charge in [0.05, 0.1) is 0 Å². The zero-order chi connectivity index (χ0) is 11.5. The van der Waals surface area contributed by atoms with Crippen molar-refractivity contribution < 1.29 is 9.90 Å². The van der Waals surface area contributed by atoms with E-state index in [0.717, 1.165) is 11.1 Å². The predicted molar refractivity (Wildman–Crippen MR) is 64.1 cm³/mol. The molecule has 0 saturated carbocycles. The SMILES string of the molecule is Cc1ccc(/C=C2/CCC(=O)C=C2O)cc1. The average molecular weight is 214 g/mol. The number of rotatable bonds is 1. The summed E-state index contributed by atoms with van der Waals surface area (Å²) in [5, 5.41) is 9.63. The van der Waals surface area contributed by atoms with E-state index in [4.69, 9.17) is 0 Å². The van der Waals surface area contributed by atoms with Crippen molar-refractivity contribution in [3.8, 4) is 0 Å². The minimum Gasteiger partial charge on any atom is -0.508 e. The second-order valence-corrected chi connectivity index (χ2v) is 4.08. The van der Waals surface area contributed by atoms with Crippen LogP contribution in [0.3, 0.4) is 0 Å². The van der Waals surface area contributed by atoms with Crippen molar-refractivity contribution in [2.24, 2.45) is 0 Å². The fourth-order valence-corrected chi connectivity index (χ4v) is 1.71. The Morgan fingerprint density at radius 3 is 2.50 bits per heavy atom. The molecule has 1 aromatic carbocycles. The minimum atomic E-state index is -0.00134. The number of benzene rings is 1. The summed E-state index contributed by atoms with van der Waals surface area (Å²) in [7, 11) is 0. The van der Waals surface area contributed by atoms with Crippen LogP contribution in [0.4, 0.5) is 0 Å². The molecule has 0 amide bonds. The first-order valence-electron chi connectivity index (χ1n) is 5.36. The summed E-state index contributed by atoms with van der Waals surface area (Å²) in [6, 6.07) is 8.07. The minimum absolute atomic E-state index is 0.00134. The molecule has 2 heteroatoms. The number of allylic oxidation sites excluding steroid dienone is 2. The summed E-state index contributed by atoms with van der Waals surface area (Å²) in [6.45, 7) is 2.04. The molecule has 0 saturated heterocycles. The van der Waals surface area contributed by atoms with E-state index in [2.05, 4.69) is 0 Å². The van der Waals surface area contributed by atoms with Crippen LogP contribution in [0.1, 0.15) is 24.0 Å². The molecule has 16 heavy (non-hydrogen) atoms. The maximum atomic E-state index is 11.1. The number of hydrogen-bond donors (Lipinski definition) is 1. The highest BCUT2D eigenvalue weighted by atomic mass is 16.3. The third-order valence-corrected chi connectivity index (χ3v) is 2.69. The Morgan fingerprint density at radius 2 is 1.88 bits per heavy atom. The summed E-state index contributed by atoms with van der Waals surface area (Å²) in [5.74, 6) is 0.107. The summed E-state index contributed by atoms with van der Waals surface area (Å²) in [6.07, 6.45) is 4.35. The molecule has 0 fully saturated rings. The highest BCUT2D eigenvalue weighted by molar-refractivity contribution is 5.92. The number of ketones is 1. The van der Waals surface area contributed by atoms with Crippen LogP contribution in [-0.2, 0) is 4.79 Å². The number of aliphatic hydroxyl groups is 1. The van der Waals surface area contributed by atoms with Gasteiger partial charge in [0, 0.05) is 12.5 Å². The molecule has 1 aliphatic carbocycles. The van der Waals surface area contributed by atoms with Gasteiger partial charge in [0.1, 0.15) is 5.76 Å². The zero-order valence-corrected chi connectivity index (χ0v) is 9.23. The Bertz CT molecular complexity index is 464. The van der Waals surface area contributed by atoms with Crippen LogP contribution >= 0.6 is 0 Å². The Labute approximate surface area is 94.9 Å². The first-order valence-corrected chi connectivity index (χ1v) is 5.36. The van der Waals surface area contributed by atoms with Gasteiger partial charge in [-0.25, -0.2) is 0 Å². The number of carbonyl (C=O) groups excluding carboxylic acids is 1. The van der Waals surface area contributed by atoms with E-state index in [1.165, 1.54) is 11.6 Å². The molecule has 0 aliphatic heterocycles. The Kier molecular flexibility index (Phi) is 2.91. The lowest BCUT2D eigenvalue weighted by atomic mass is 9.97. The molecular formula is C14H14O2. The molecule has 82 valence electrons. The summed E-state index contributed by atoms with van der Waals surface area (Å²) >= 11 is 0. The van der Waals surface area contributed by atoms with Crippen molar-refractivity contribution in [3.05, 3.63) is 52.8 Å². The number of carbonyl (C=O) groups is 1. The van der Waals surface area contributed by atoms with Crippen LogP contribution in [0.25, 0.3) is 6.08 Å². The Hall–Kier alpha value is -1.83. The topological polar surface area (TPSA) is 37.3 Å². The average Bonchev–Trinajstić information content (AvgIpc) is 2.25. The van der Waals surface area contributed by atoms with E-state index in [1.54, 1.807) is 0 Å². The predicted octanol–water partition coefficient (Wildman–Crippen LogP) is 3.18. The molecule has 0 unspecified atom stereocenters. The van der Waals surface area contributed by atoms with E-state index in [1.807, 2.05) is 37.3 Å². The van der Waals surface area contributed by atoms with E-state index in [-0.39, 0.29) is 11.5 Å². The van der Waals surface area contributed by atoms with Gasteiger partial charge in [0.25, 0.3) is 0 Å². The summed E-state index contributed by atoms with van der Waals surface area (Å²) < 4.78 is 0. The van der Waals surface area contributed by atoms with E-state index >= 15 is 0 Å². The monoisotopic (exact) mass is 214 g/mol. The van der Waals surface area contributed by atoms with Gasteiger partial charge in [0.2, 0.25) is 0 Å². The van der Waals surface area contributed by atoms with Crippen LogP contribution in [0.5, 0.6) is 0 Å². The molecule has 0 radical (unpaired) electrons. The van der Waals surface area contributed by atoms with Gasteiger partial charge in [-0.15, -0.1) is 0 Å². The van der Waals surface area contributed by atoms with Crippen LogP contribution in [0.2, 0.25) is 0 Å². The number of hydrogen-bond acceptors (Lipinski definition) is 2. The molecule has 0 aromatic heterocycles. The fraction of sp³-hybridized carbons (Fsp3) is 0.214. The van der Waals surface area contributed by atoms with Gasteiger partial charge in [0.15, 0.2) is 5.78 Å². The standard InChI is InChI=1S/C14H14O2/c1-10-2-4-11(5-3-10)8-12-6-7-13(15)9-14(12)16/h2-5,8-9,16H,6-7H2,1H3/b12-8-. The van der Waals surface area contributed by atoms with Gasteiger partial charge in [-0.05, 0) is 30.6 Å². The number of aliphatic hydroxyl groups excluding tert-OH is 1. The molecule has 1 aromatic rings. The van der Waals surface area contributed by atoms with Gasteiger partial charge in [-0.3, -0.25) is 4.79 Å². The van der Waals surface area contributed by atoms with Crippen molar-refractivity contribution >= 4 is 11.9 Å². The van der Waals surface area contributed by atoms with Crippen molar-refractivity contribution in [3.63, 3.8) is 0 Å². The summed E-state index contributed by atoms with van der Waals surface area (Å²) in [5.41, 5.74) is 3.10. The molecule has 0 atom stereocenters. The van der Waals surface area contributed by atoms with Crippen molar-refractivity contribution in [1.29, 1.82) is 0 Å². The van der Waals surface area contributed by atoms with Crippen LogP contribution < -0.4 is 0 Å². The molecule has 1 N–H and O–H groups in total. The van der Waals surface area contributed by atoms with Crippen LogP contribution in [0.15, 0.2) is 41.7 Å². The largest absolute Gasteiger partial charge is 0.508 e. The molecule has 2 rings (SSSR count). The van der Waals surface area contributed by atoms with Gasteiger partial charge in [-0.1, -0.05) is 29.8 Å². The molecule has 0 heterocycles. The first-order chi connectivity index (χ1) is 7.65. The zero-order valence-electron chi connectivity index (χ0n) is 9.23. The third kappa shape index (κ3) is 2.40. The lowest BCUT2D eigenvalue weighted by Crippen LogP contribution is -2.05. The number of aryl methyl sites for hydroxylation is 1. The smallest absolute Gasteiger partial charge is 0.159 e. The molecule has 2 nitrogen and oxygen atoms in total. The lowest BCUT2D eigenvalue weighted by molar-refractivity contribution is -0.114. The van der Waals surface area contributed by atoms with Gasteiger partial charge < -0.3 is 5.11 Å². The molecule has 1 aliphatic rings. The second-order valence-electron chi connectivity index (χ2n) is 4.08. The fourth-order valence-electron chi connectivity index (χ4n) is 1.71. The van der Waals surface area contributed by atoms with Crippen LogP contribution in [-0.4, -0.2) is 10.9 Å². The first kappa shape index (κ1) is 10.7. The second kappa shape index (κ2) is 4.35. The maximum absolute atomic E-state index is 11.1. The van der Waals surface area contributed by atoms with E-state index in [0.29, 0.717) is 12.8 Å². The maximum Gasteiger partial charge on any atom is 0.159 e. The Balaban J connectivity index is 2.28. The van der Waals surface area contributed by atoms with E-state index in [9.17, 15) is 9.90 Å². The highest BCUT2D eigenvalue weighted by Crippen LogP contribution is 2.22. The highest BCUT2D eigenvalue weighted by Gasteiger charge is 2.13.